The van der Waals surface area contributed by atoms with Crippen molar-refractivity contribution in [3.05, 3.63) is 65.7 Å². The third-order valence-corrected chi connectivity index (χ3v) is 5.59. The summed E-state index contributed by atoms with van der Waals surface area (Å²) in [6.45, 7) is 1.72. The second-order valence-electron chi connectivity index (χ2n) is 8.62. The molecular formula is C26H35N5O5. The number of nitrogens with one attached hydrogen (secondary N) is 3. The first-order valence-corrected chi connectivity index (χ1v) is 11.9. The third-order valence-electron chi connectivity index (χ3n) is 5.59. The van der Waals surface area contributed by atoms with Gasteiger partial charge in [-0.1, -0.05) is 42.5 Å². The number of phenols is 1. The van der Waals surface area contributed by atoms with Gasteiger partial charge < -0.3 is 32.5 Å². The largest absolute Gasteiger partial charge is 0.508 e. The predicted octanol–water partition coefficient (Wildman–Crippen LogP) is 0.266. The van der Waals surface area contributed by atoms with E-state index in [9.17, 15) is 24.3 Å². The lowest BCUT2D eigenvalue weighted by Crippen LogP contribution is -2.57. The Morgan fingerprint density at radius 2 is 1.33 bits per heavy atom. The number of aromatic hydroxyl groups is 1. The van der Waals surface area contributed by atoms with Crippen LogP contribution in [0.5, 0.6) is 5.75 Å². The number of phenolic OH excluding ortho intramolecular Hbond substituents is 1. The summed E-state index contributed by atoms with van der Waals surface area (Å²) in [6, 6.07) is 12.5. The van der Waals surface area contributed by atoms with E-state index in [-0.39, 0.29) is 25.0 Å². The third kappa shape index (κ3) is 9.75. The van der Waals surface area contributed by atoms with E-state index in [1.54, 1.807) is 12.1 Å². The summed E-state index contributed by atoms with van der Waals surface area (Å²) in [7, 11) is 0. The SMILES string of the molecule is CC(=O)NC(Cc1ccc(O)cc1)C(=O)N[C@@H](CCCCN)C(=O)NC(Cc1ccccc1)C(N)=O. The van der Waals surface area contributed by atoms with Crippen molar-refractivity contribution in [2.24, 2.45) is 11.5 Å². The van der Waals surface area contributed by atoms with E-state index in [4.69, 9.17) is 11.5 Å². The average Bonchev–Trinajstić information content (AvgIpc) is 2.84. The van der Waals surface area contributed by atoms with Crippen molar-refractivity contribution in [2.45, 2.75) is 57.2 Å². The number of unbranched alkanes of at least 4 members (excludes halogenated alkanes) is 1. The Morgan fingerprint density at radius 3 is 1.92 bits per heavy atom. The molecule has 0 bridgehead atoms. The molecule has 0 aromatic heterocycles. The summed E-state index contributed by atoms with van der Waals surface area (Å²) in [6.07, 6.45) is 1.86. The summed E-state index contributed by atoms with van der Waals surface area (Å²) in [5.41, 5.74) is 12.7. The van der Waals surface area contributed by atoms with E-state index in [1.807, 2.05) is 30.3 Å². The lowest BCUT2D eigenvalue weighted by Gasteiger charge is -2.25. The summed E-state index contributed by atoms with van der Waals surface area (Å²) in [4.78, 5) is 50.1. The Labute approximate surface area is 210 Å². The number of nitrogens with two attached hydrogens (primary N) is 2. The van der Waals surface area contributed by atoms with E-state index >= 15 is 0 Å². The number of hydrogen-bond acceptors (Lipinski definition) is 6. The van der Waals surface area contributed by atoms with Crippen molar-refractivity contribution >= 4 is 23.6 Å². The summed E-state index contributed by atoms with van der Waals surface area (Å²) >= 11 is 0. The lowest BCUT2D eigenvalue weighted by atomic mass is 10.0. The van der Waals surface area contributed by atoms with E-state index in [1.165, 1.54) is 19.1 Å². The van der Waals surface area contributed by atoms with Gasteiger partial charge in [-0.15, -0.1) is 0 Å². The second kappa shape index (κ2) is 14.5. The molecule has 0 saturated heterocycles. The van der Waals surface area contributed by atoms with Crippen LogP contribution in [0.15, 0.2) is 54.6 Å². The van der Waals surface area contributed by atoms with E-state index in [0.29, 0.717) is 24.9 Å². The van der Waals surface area contributed by atoms with Gasteiger partial charge in [0.05, 0.1) is 0 Å². The molecule has 10 heteroatoms. The minimum absolute atomic E-state index is 0.0791. The maximum atomic E-state index is 13.1. The van der Waals surface area contributed by atoms with Crippen molar-refractivity contribution in [2.75, 3.05) is 6.54 Å². The Kier molecular flexibility index (Phi) is 11.4. The smallest absolute Gasteiger partial charge is 0.243 e. The van der Waals surface area contributed by atoms with Crippen LogP contribution in [-0.2, 0) is 32.0 Å². The van der Waals surface area contributed by atoms with Crippen LogP contribution < -0.4 is 27.4 Å². The van der Waals surface area contributed by atoms with Crippen molar-refractivity contribution in [3.8, 4) is 5.75 Å². The zero-order chi connectivity index (χ0) is 26.5. The molecule has 0 aliphatic carbocycles. The fourth-order valence-corrected chi connectivity index (χ4v) is 3.70. The van der Waals surface area contributed by atoms with Gasteiger partial charge in [0.2, 0.25) is 23.6 Å². The Balaban J connectivity index is 2.15. The van der Waals surface area contributed by atoms with Crippen LogP contribution >= 0.6 is 0 Å². The molecule has 36 heavy (non-hydrogen) atoms. The van der Waals surface area contributed by atoms with Gasteiger partial charge in [-0.05, 0) is 49.1 Å². The fraction of sp³-hybridized carbons (Fsp3) is 0.385. The molecule has 2 aromatic carbocycles. The van der Waals surface area contributed by atoms with Crippen LogP contribution in [0.4, 0.5) is 0 Å². The molecular weight excluding hydrogens is 462 g/mol. The molecule has 194 valence electrons. The Morgan fingerprint density at radius 1 is 0.778 bits per heavy atom. The number of rotatable bonds is 14. The number of benzene rings is 2. The van der Waals surface area contributed by atoms with Crippen LogP contribution in [0.25, 0.3) is 0 Å². The van der Waals surface area contributed by atoms with Crippen molar-refractivity contribution in [1.29, 1.82) is 0 Å². The predicted molar refractivity (Wildman–Crippen MR) is 136 cm³/mol. The standard InChI is InChI=1S/C26H35N5O5/c1-17(32)29-23(16-19-10-12-20(33)13-11-19)26(36)30-21(9-5-6-14-27)25(35)31-22(24(28)34)15-18-7-3-2-4-8-18/h2-4,7-8,10-13,21-23,33H,5-6,9,14-16,27H2,1H3,(H2,28,34)(H,29,32)(H,30,36)(H,31,35)/t21-,22?,23?/m0/s1. The molecule has 0 aliphatic rings. The van der Waals surface area contributed by atoms with Gasteiger partial charge in [0.25, 0.3) is 0 Å². The topological polar surface area (TPSA) is 177 Å². The van der Waals surface area contributed by atoms with Crippen molar-refractivity contribution in [1.82, 2.24) is 16.0 Å². The molecule has 8 N–H and O–H groups in total. The summed E-state index contributed by atoms with van der Waals surface area (Å²) in [5, 5.41) is 17.5. The monoisotopic (exact) mass is 497 g/mol. The normalized spacial score (nSPS) is 13.2. The van der Waals surface area contributed by atoms with Gasteiger partial charge in [0.1, 0.15) is 23.9 Å². The van der Waals surface area contributed by atoms with Crippen LogP contribution in [-0.4, -0.2) is 53.4 Å². The highest BCUT2D eigenvalue weighted by Crippen LogP contribution is 2.12. The lowest BCUT2D eigenvalue weighted by molar-refractivity contribution is -0.133. The van der Waals surface area contributed by atoms with Gasteiger partial charge in [-0.3, -0.25) is 19.2 Å². The molecule has 2 aromatic rings. The van der Waals surface area contributed by atoms with Gasteiger partial charge in [0.15, 0.2) is 0 Å². The zero-order valence-corrected chi connectivity index (χ0v) is 20.4. The number of carbonyl (C=O) groups excluding carboxylic acids is 4. The van der Waals surface area contributed by atoms with E-state index < -0.39 is 41.8 Å². The van der Waals surface area contributed by atoms with Crippen molar-refractivity contribution in [3.63, 3.8) is 0 Å². The molecule has 0 radical (unpaired) electrons. The van der Waals surface area contributed by atoms with Gasteiger partial charge in [0, 0.05) is 19.8 Å². The fourth-order valence-electron chi connectivity index (χ4n) is 3.70. The first-order chi connectivity index (χ1) is 17.2. The average molecular weight is 498 g/mol. The van der Waals surface area contributed by atoms with Gasteiger partial charge in [-0.2, -0.15) is 0 Å². The number of primary amides is 1. The van der Waals surface area contributed by atoms with E-state index in [2.05, 4.69) is 16.0 Å². The second-order valence-corrected chi connectivity index (χ2v) is 8.62. The van der Waals surface area contributed by atoms with Gasteiger partial charge in [-0.25, -0.2) is 0 Å². The highest BCUT2D eigenvalue weighted by molar-refractivity contribution is 5.94. The van der Waals surface area contributed by atoms with Crippen LogP contribution in [0.1, 0.15) is 37.3 Å². The zero-order valence-electron chi connectivity index (χ0n) is 20.4. The molecule has 2 rings (SSSR count). The summed E-state index contributed by atoms with van der Waals surface area (Å²) < 4.78 is 0. The van der Waals surface area contributed by atoms with Crippen LogP contribution in [0, 0.1) is 0 Å². The van der Waals surface area contributed by atoms with Crippen LogP contribution in [0.2, 0.25) is 0 Å². The quantitative estimate of drug-likeness (QED) is 0.204. The molecule has 0 heterocycles. The molecule has 0 fully saturated rings. The number of amides is 4. The Hall–Kier alpha value is -3.92. The summed E-state index contributed by atoms with van der Waals surface area (Å²) in [5.74, 6) is -2.12. The molecule has 10 nitrogen and oxygen atoms in total. The van der Waals surface area contributed by atoms with Crippen LogP contribution in [0.3, 0.4) is 0 Å². The maximum absolute atomic E-state index is 13.1. The molecule has 0 aliphatic heterocycles. The highest BCUT2D eigenvalue weighted by Gasteiger charge is 2.28. The first kappa shape index (κ1) is 28.3. The molecule has 2 unspecified atom stereocenters. The molecule has 0 saturated carbocycles. The minimum Gasteiger partial charge on any atom is -0.508 e. The maximum Gasteiger partial charge on any atom is 0.243 e. The highest BCUT2D eigenvalue weighted by atomic mass is 16.3. The van der Waals surface area contributed by atoms with Gasteiger partial charge >= 0.3 is 0 Å². The molecule has 4 amide bonds. The minimum atomic E-state index is -0.961. The first-order valence-electron chi connectivity index (χ1n) is 11.9. The number of hydrogen-bond donors (Lipinski definition) is 6. The molecule has 3 atom stereocenters. The Bertz CT molecular complexity index is 1010. The van der Waals surface area contributed by atoms with Crippen molar-refractivity contribution < 1.29 is 24.3 Å². The number of carbonyl (C=O) groups is 4. The molecule has 0 spiro atoms. The van der Waals surface area contributed by atoms with E-state index in [0.717, 1.165) is 5.56 Å².